The number of carbonyl (C=O) groups excluding carboxylic acids is 6. The van der Waals surface area contributed by atoms with Crippen LogP contribution in [0.3, 0.4) is 0 Å². The Morgan fingerprint density at radius 3 is 1.38 bits per heavy atom. The van der Waals surface area contributed by atoms with Crippen molar-refractivity contribution in [3.63, 3.8) is 0 Å². The summed E-state index contributed by atoms with van der Waals surface area (Å²) < 4.78 is 29.4. The Morgan fingerprint density at radius 2 is 1.01 bits per heavy atom. The molecule has 0 radical (unpaired) electrons. The summed E-state index contributed by atoms with van der Waals surface area (Å²) in [6, 6.07) is 24.8. The predicted molar refractivity (Wildman–Crippen MR) is 343 cm³/mol. The van der Waals surface area contributed by atoms with Gasteiger partial charge in [0.15, 0.2) is 22.6 Å². The molecule has 0 unspecified atom stereocenters. The number of imide groups is 1. The van der Waals surface area contributed by atoms with Crippen molar-refractivity contribution < 1.29 is 52.5 Å². The maximum Gasteiger partial charge on any atom is 0.408 e. The van der Waals surface area contributed by atoms with E-state index in [4.69, 9.17) is 20.6 Å². The lowest BCUT2D eigenvalue weighted by Gasteiger charge is -2.27. The molecule has 468 valence electrons. The van der Waals surface area contributed by atoms with Crippen molar-refractivity contribution in [2.45, 2.75) is 50.1 Å². The van der Waals surface area contributed by atoms with E-state index in [1.54, 1.807) is 97.5 Å². The fourth-order valence-electron chi connectivity index (χ4n) is 8.47. The number of alkyl carbamates (subject to hydrolysis) is 2. The van der Waals surface area contributed by atoms with Crippen LogP contribution in [0.4, 0.5) is 14.4 Å². The van der Waals surface area contributed by atoms with Crippen molar-refractivity contribution in [3.05, 3.63) is 193 Å². The zero-order valence-electron chi connectivity index (χ0n) is 50.2. The molecule has 3 atom stereocenters. The molecule has 1 saturated heterocycles. The summed E-state index contributed by atoms with van der Waals surface area (Å²) in [5, 5.41) is 10.4. The molecule has 9 aromatic rings. The largest absolute Gasteiger partial charge is 0.497 e. The highest BCUT2D eigenvalue weighted by Crippen LogP contribution is 2.21. The van der Waals surface area contributed by atoms with Gasteiger partial charge < -0.3 is 29.0 Å². The maximum absolute atomic E-state index is 13.1. The molecule has 10 rings (SSSR count). The van der Waals surface area contributed by atoms with E-state index in [1.165, 1.54) is 90.9 Å². The molecule has 0 spiro atoms. The molecule has 5 amide bonds. The highest BCUT2D eigenvalue weighted by molar-refractivity contribution is 14.1. The van der Waals surface area contributed by atoms with E-state index < -0.39 is 63.4 Å². The van der Waals surface area contributed by atoms with Gasteiger partial charge >= 0.3 is 18.2 Å². The van der Waals surface area contributed by atoms with Gasteiger partial charge in [-0.3, -0.25) is 73.4 Å². The number of amides is 5. The van der Waals surface area contributed by atoms with Gasteiger partial charge in [-0.15, -0.1) is 6.42 Å². The lowest BCUT2D eigenvalue weighted by molar-refractivity contribution is -0.123. The normalized spacial score (nSPS) is 13.9. The smallest absolute Gasteiger partial charge is 0.408 e. The van der Waals surface area contributed by atoms with Crippen LogP contribution in [0.1, 0.15) is 25.0 Å². The minimum absolute atomic E-state index is 0.211. The number of carbonyl (C=O) groups is 6. The summed E-state index contributed by atoms with van der Waals surface area (Å²) in [6.07, 6.45) is 17.5. The number of methoxy groups -OCH3 is 5. The molecule has 1 fully saturated rings. The van der Waals surface area contributed by atoms with E-state index in [0.29, 0.717) is 61.1 Å². The summed E-state index contributed by atoms with van der Waals surface area (Å²) in [7, 11) is 6.79. The number of hydrogen-bond acceptors (Lipinski definition) is 20. The Kier molecular flexibility index (Phi) is 22.7. The number of nitrogens with one attached hydrogen (secondary N) is 4. The van der Waals surface area contributed by atoms with Crippen molar-refractivity contribution in [1.29, 1.82) is 0 Å². The lowest BCUT2D eigenvalue weighted by atomic mass is 9.94. The summed E-state index contributed by atoms with van der Waals surface area (Å²) in [5.41, 5.74) is -3.77. The summed E-state index contributed by atoms with van der Waals surface area (Å²) in [4.78, 5) is 136. The number of nitrogens with zero attached hydrogens (tertiary/aromatic N) is 9. The molecule has 3 aromatic carbocycles. The van der Waals surface area contributed by atoms with Gasteiger partial charge in [0.25, 0.3) is 22.6 Å². The zero-order valence-corrected chi connectivity index (χ0v) is 52.3. The standard InChI is InChI=1S/C22H20N4O5.C20H15N5O4.C17H17N3O5.C5H4IN/c1-15(27)22(25-21(29)31-3,9-8-16-5-4-10-23-12-16)13-26-14-24-19-7-6-17(30-2)11-18(19)20(26)28;1-29-14-4-5-16-15(9-14)17(26)25(12-22-16)11-20(18(27)23-19(28)24-20)7-6-13-3-2-8-21-10-13;1-5-17(11(2)21,19-16(23)25-4)9-20-10-18-14-7-6-12(24-3)8-13(14)15(20)22;6-5-2-1-3-7-4-5/h4-7,10-12,14H,13H2,1-3H3,(H,25,29);2-5,8-10,12H,11H2,1H3,(H2,23,24,27,28);1,6-8,10H,9H2,2-4H3,(H,19,23);1-4H/t22-;20-;17-;/m010./s1. The van der Waals surface area contributed by atoms with Crippen LogP contribution in [0.25, 0.3) is 32.7 Å². The molecule has 0 bridgehead atoms. The number of aromatic nitrogens is 9. The first-order chi connectivity index (χ1) is 44.1. The Morgan fingerprint density at radius 1 is 0.587 bits per heavy atom. The average Bonchev–Trinajstić information content (AvgIpc) is 1.32. The fourth-order valence-corrected chi connectivity index (χ4v) is 8.84. The first-order valence-corrected chi connectivity index (χ1v) is 28.1. The fraction of sp³-hybridized carbons (Fsp3) is 0.203. The SMILES string of the molecule is C#C[C@@](Cn1cnc2ccc(OC)cc2c1=O)(NC(=O)OC)C(C)=O.COC(=O)N[C@@](C#Cc1cccnc1)(Cn1cnc2ccc(OC)cc2c1=O)C(C)=O.COc1ccc2ncn(C[C@@]3(C#Cc4cccnc4)NC(=O)NC3=O)c(=O)c2c1.Ic1cccnc1. The van der Waals surface area contributed by atoms with Gasteiger partial charge in [-0.25, -0.2) is 29.3 Å². The topological polar surface area (TPSA) is 340 Å². The quantitative estimate of drug-likeness (QED) is 0.0707. The molecule has 1 aliphatic rings. The molecule has 27 nitrogen and oxygen atoms in total. The number of ketones is 2. The average molecular weight is 1360 g/mol. The molecule has 1 aliphatic heterocycles. The van der Waals surface area contributed by atoms with Crippen LogP contribution in [0.5, 0.6) is 17.2 Å². The number of ether oxygens (including phenoxy) is 5. The van der Waals surface area contributed by atoms with Crippen LogP contribution in [0.15, 0.2) is 162 Å². The van der Waals surface area contributed by atoms with E-state index in [0.717, 1.165) is 7.11 Å². The molecule has 4 N–H and O–H groups in total. The minimum atomic E-state index is -1.74. The van der Waals surface area contributed by atoms with E-state index in [1.807, 2.05) is 18.3 Å². The number of pyridine rings is 3. The van der Waals surface area contributed by atoms with E-state index in [9.17, 15) is 43.2 Å². The predicted octanol–water partition coefficient (Wildman–Crippen LogP) is 4.37. The minimum Gasteiger partial charge on any atom is -0.497 e. The molecular formula is C64H56IN13O14. The van der Waals surface area contributed by atoms with Crippen LogP contribution in [-0.4, -0.2) is 131 Å². The van der Waals surface area contributed by atoms with Gasteiger partial charge in [0.2, 0.25) is 5.54 Å². The Hall–Kier alpha value is -11.8. The van der Waals surface area contributed by atoms with Crippen molar-refractivity contribution in [1.82, 2.24) is 64.9 Å². The Bertz CT molecular complexity index is 4620. The number of halogens is 1. The second-order valence-corrected chi connectivity index (χ2v) is 20.7. The summed E-state index contributed by atoms with van der Waals surface area (Å²) >= 11 is 2.22. The molecule has 6 aromatic heterocycles. The second-order valence-electron chi connectivity index (χ2n) is 19.5. The van der Waals surface area contributed by atoms with Gasteiger partial charge in [-0.05, 0) is 127 Å². The third-order valence-corrected chi connectivity index (χ3v) is 14.1. The van der Waals surface area contributed by atoms with Crippen LogP contribution in [-0.2, 0) is 43.5 Å². The Labute approximate surface area is 537 Å². The first-order valence-electron chi connectivity index (χ1n) is 27.0. The highest BCUT2D eigenvalue weighted by atomic mass is 127. The number of benzene rings is 3. The van der Waals surface area contributed by atoms with Crippen LogP contribution >= 0.6 is 22.6 Å². The number of Topliss-reactive ketones (excluding diaryl/α,β-unsaturated/α-hetero) is 2. The van der Waals surface area contributed by atoms with Crippen molar-refractivity contribution in [2.75, 3.05) is 35.5 Å². The van der Waals surface area contributed by atoms with Crippen LogP contribution in [0.2, 0.25) is 0 Å². The van der Waals surface area contributed by atoms with Gasteiger partial charge in [0.05, 0.1) is 107 Å². The molecule has 0 saturated carbocycles. The second kappa shape index (κ2) is 30.9. The number of hydrogen-bond donors (Lipinski definition) is 4. The van der Waals surface area contributed by atoms with E-state index >= 15 is 0 Å². The van der Waals surface area contributed by atoms with Crippen molar-refractivity contribution >= 4 is 91.0 Å². The third-order valence-electron chi connectivity index (χ3n) is 13.5. The zero-order chi connectivity index (χ0) is 66.6. The summed E-state index contributed by atoms with van der Waals surface area (Å²) in [5.74, 6) is 13.4. The molecule has 28 heteroatoms. The lowest BCUT2D eigenvalue weighted by Crippen LogP contribution is -2.56. The third kappa shape index (κ3) is 16.7. The Balaban J connectivity index is 0.000000186. The monoisotopic (exact) mass is 1360 g/mol. The number of urea groups is 1. The van der Waals surface area contributed by atoms with Gasteiger partial charge in [0.1, 0.15) is 17.2 Å². The summed E-state index contributed by atoms with van der Waals surface area (Å²) in [6.45, 7) is 1.72. The number of fused-ring (bicyclic) bond motifs is 3. The van der Waals surface area contributed by atoms with Gasteiger partial charge in [-0.1, -0.05) is 29.6 Å². The highest BCUT2D eigenvalue weighted by Gasteiger charge is 2.46. The number of rotatable bonds is 13. The van der Waals surface area contributed by atoms with E-state index in [-0.39, 0.29) is 25.2 Å². The molecule has 92 heavy (non-hydrogen) atoms. The van der Waals surface area contributed by atoms with Crippen LogP contribution in [0, 0.1) is 39.6 Å². The first kappa shape index (κ1) is 67.7. The number of terminal acetylenes is 1. The van der Waals surface area contributed by atoms with Gasteiger partial charge in [0, 0.05) is 51.9 Å². The van der Waals surface area contributed by atoms with Gasteiger partial charge in [-0.2, -0.15) is 0 Å². The van der Waals surface area contributed by atoms with Crippen molar-refractivity contribution in [3.8, 4) is 53.3 Å². The van der Waals surface area contributed by atoms with Crippen LogP contribution < -0.4 is 52.2 Å². The molecule has 0 aliphatic carbocycles. The van der Waals surface area contributed by atoms with E-state index in [2.05, 4.69) is 113 Å². The molecular weight excluding hydrogens is 1300 g/mol. The van der Waals surface area contributed by atoms with Crippen molar-refractivity contribution in [2.24, 2.45) is 0 Å². The maximum atomic E-state index is 13.1. The molecule has 7 heterocycles.